The molecule has 9 nitrogen and oxygen atoms in total. The van der Waals surface area contributed by atoms with Crippen molar-refractivity contribution in [2.75, 3.05) is 7.11 Å². The van der Waals surface area contributed by atoms with E-state index in [9.17, 15) is 9.18 Å². The molecule has 37 heavy (non-hydrogen) atoms. The molecule has 1 atom stereocenters. The lowest BCUT2D eigenvalue weighted by Crippen LogP contribution is -2.50. The predicted molar refractivity (Wildman–Crippen MR) is 135 cm³/mol. The van der Waals surface area contributed by atoms with E-state index in [0.29, 0.717) is 23.5 Å². The Bertz CT molecular complexity index is 1560. The van der Waals surface area contributed by atoms with Gasteiger partial charge in [-0.2, -0.15) is 5.10 Å². The van der Waals surface area contributed by atoms with Gasteiger partial charge in [0.2, 0.25) is 5.72 Å². The summed E-state index contributed by atoms with van der Waals surface area (Å²) in [7, 11) is 3.27. The zero-order valence-electron chi connectivity index (χ0n) is 20.6. The maximum Gasteiger partial charge on any atom is 0.276 e. The van der Waals surface area contributed by atoms with Crippen molar-refractivity contribution < 1.29 is 18.7 Å². The number of nitrogens with one attached hydrogen (secondary N) is 1. The summed E-state index contributed by atoms with van der Waals surface area (Å²) in [6, 6.07) is 19.0. The van der Waals surface area contributed by atoms with Gasteiger partial charge in [0.05, 0.1) is 30.7 Å². The Hall–Kier alpha value is -4.73. The molecule has 0 aliphatic rings. The summed E-state index contributed by atoms with van der Waals surface area (Å²) < 4.78 is 28.5. The summed E-state index contributed by atoms with van der Waals surface area (Å²) >= 11 is 0. The number of nitrogens with zero attached hydrogens (tertiary/aromatic N) is 5. The van der Waals surface area contributed by atoms with Gasteiger partial charge < -0.3 is 14.8 Å². The van der Waals surface area contributed by atoms with Crippen LogP contribution in [0.1, 0.15) is 29.4 Å². The Labute approximate surface area is 212 Å². The van der Waals surface area contributed by atoms with Crippen LogP contribution in [0, 0.1) is 5.82 Å². The van der Waals surface area contributed by atoms with E-state index in [1.165, 1.54) is 23.0 Å². The lowest BCUT2D eigenvalue weighted by molar-refractivity contribution is 0.0226. The molecule has 5 rings (SSSR count). The van der Waals surface area contributed by atoms with Crippen molar-refractivity contribution in [3.05, 3.63) is 96.2 Å². The third-order valence-corrected chi connectivity index (χ3v) is 6.09. The molecule has 1 amide bonds. The molecule has 10 heteroatoms. The molecule has 5 aromatic rings. The van der Waals surface area contributed by atoms with Crippen molar-refractivity contribution in [2.24, 2.45) is 7.05 Å². The molecule has 0 fully saturated rings. The maximum absolute atomic E-state index is 13.4. The highest BCUT2D eigenvalue weighted by Crippen LogP contribution is 2.33. The number of methoxy groups -OCH3 is 1. The second-order valence-corrected chi connectivity index (χ2v) is 8.50. The van der Waals surface area contributed by atoms with Gasteiger partial charge in [0.1, 0.15) is 17.3 Å². The Morgan fingerprint density at radius 2 is 1.89 bits per heavy atom. The second kappa shape index (κ2) is 9.73. The Kier molecular flexibility index (Phi) is 6.31. The van der Waals surface area contributed by atoms with Crippen LogP contribution < -0.4 is 14.8 Å². The van der Waals surface area contributed by atoms with Crippen LogP contribution in [0.2, 0.25) is 0 Å². The van der Waals surface area contributed by atoms with Crippen molar-refractivity contribution in [3.8, 4) is 17.2 Å². The lowest BCUT2D eigenvalue weighted by atomic mass is 9.98. The zero-order valence-corrected chi connectivity index (χ0v) is 20.6. The summed E-state index contributed by atoms with van der Waals surface area (Å²) in [5.41, 5.74) is 1.20. The summed E-state index contributed by atoms with van der Waals surface area (Å²) in [5.74, 6) is 0.412. The molecule has 0 aliphatic heterocycles. The summed E-state index contributed by atoms with van der Waals surface area (Å²) in [4.78, 5) is 13.2. The Morgan fingerprint density at radius 1 is 1.08 bits per heavy atom. The van der Waals surface area contributed by atoms with Crippen LogP contribution in [0.25, 0.3) is 16.6 Å². The highest BCUT2D eigenvalue weighted by Gasteiger charge is 2.36. The summed E-state index contributed by atoms with van der Waals surface area (Å²) in [6.07, 6.45) is 3.65. The first-order valence-electron chi connectivity index (χ1n) is 11.7. The highest BCUT2D eigenvalue weighted by atomic mass is 19.1. The van der Waals surface area contributed by atoms with Gasteiger partial charge in [-0.3, -0.25) is 9.48 Å². The number of ether oxygens (including phenoxy) is 2. The molecule has 0 spiro atoms. The fraction of sp³-hybridized carbons (Fsp3) is 0.185. The molecule has 3 aromatic carbocycles. The number of aryl methyl sites for hydroxylation is 1. The molecule has 2 heterocycles. The first kappa shape index (κ1) is 24.0. The van der Waals surface area contributed by atoms with E-state index < -0.39 is 11.6 Å². The number of benzene rings is 3. The Balaban J connectivity index is 1.53. The van der Waals surface area contributed by atoms with Gasteiger partial charge in [-0.1, -0.05) is 24.3 Å². The minimum atomic E-state index is -1.23. The second-order valence-electron chi connectivity index (χ2n) is 8.50. The van der Waals surface area contributed by atoms with E-state index >= 15 is 0 Å². The maximum atomic E-state index is 13.4. The van der Waals surface area contributed by atoms with Crippen LogP contribution in [0.5, 0.6) is 11.5 Å². The van der Waals surface area contributed by atoms with Crippen molar-refractivity contribution in [1.82, 2.24) is 30.1 Å². The smallest absolute Gasteiger partial charge is 0.276 e. The fourth-order valence-corrected chi connectivity index (χ4v) is 4.16. The largest absolute Gasteiger partial charge is 0.497 e. The summed E-state index contributed by atoms with van der Waals surface area (Å²) in [6.45, 7) is 1.92. The van der Waals surface area contributed by atoms with E-state index in [4.69, 9.17) is 9.47 Å². The minimum absolute atomic E-state index is 0.169. The van der Waals surface area contributed by atoms with Gasteiger partial charge in [-0.05, 0) is 54.6 Å². The quantitative estimate of drug-likeness (QED) is 0.318. The van der Waals surface area contributed by atoms with Crippen LogP contribution in [0.4, 0.5) is 4.39 Å². The Morgan fingerprint density at radius 3 is 2.59 bits per heavy atom. The first-order chi connectivity index (χ1) is 17.9. The predicted octanol–water partition coefficient (Wildman–Crippen LogP) is 4.37. The van der Waals surface area contributed by atoms with Crippen molar-refractivity contribution in [3.63, 3.8) is 0 Å². The number of hydrogen-bond donors (Lipinski definition) is 1. The number of rotatable bonds is 8. The van der Waals surface area contributed by atoms with Crippen molar-refractivity contribution in [1.29, 1.82) is 0 Å². The van der Waals surface area contributed by atoms with Gasteiger partial charge in [0, 0.05) is 24.4 Å². The van der Waals surface area contributed by atoms with Crippen molar-refractivity contribution >= 4 is 16.8 Å². The van der Waals surface area contributed by atoms with Crippen LogP contribution in [0.15, 0.2) is 79.1 Å². The van der Waals surface area contributed by atoms with Crippen LogP contribution in [-0.2, 0) is 12.8 Å². The fourth-order valence-electron chi connectivity index (χ4n) is 4.16. The molecule has 0 bridgehead atoms. The number of carbonyl (C=O) groups excluding carboxylic acids is 1. The molecule has 0 aliphatic carbocycles. The van der Waals surface area contributed by atoms with Crippen LogP contribution >= 0.6 is 0 Å². The van der Waals surface area contributed by atoms with E-state index in [1.807, 2.05) is 49.4 Å². The number of halogens is 1. The molecule has 0 saturated heterocycles. The molecular formula is C27H25FN6O3. The SMILES string of the molecule is CCC(NC(=O)c1cn(C)nn1)(Oc1ccc2c(cnn2-c2ccc(F)cc2)c1)c1cccc(OC)c1. The third-order valence-electron chi connectivity index (χ3n) is 6.09. The molecule has 1 N–H and O–H groups in total. The monoisotopic (exact) mass is 500 g/mol. The average Bonchev–Trinajstić information content (AvgIpc) is 3.55. The number of carbonyl (C=O) groups is 1. The number of aromatic nitrogens is 5. The van der Waals surface area contributed by atoms with Gasteiger partial charge in [-0.25, -0.2) is 9.07 Å². The average molecular weight is 501 g/mol. The van der Waals surface area contributed by atoms with E-state index in [1.54, 1.807) is 37.2 Å². The van der Waals surface area contributed by atoms with Gasteiger partial charge in [0.25, 0.3) is 5.91 Å². The zero-order chi connectivity index (χ0) is 26.0. The molecule has 1 unspecified atom stereocenters. The van der Waals surface area contributed by atoms with Crippen LogP contribution in [-0.4, -0.2) is 37.8 Å². The minimum Gasteiger partial charge on any atom is -0.497 e. The number of amides is 1. The standard InChI is InChI=1S/C27H25FN6O3/c1-4-27(19-6-5-7-22(15-19)36-3,30-26(35)24-17-33(2)32-31-24)37-23-12-13-25-18(14-23)16-29-34(25)21-10-8-20(28)9-11-21/h5-17H,4H2,1-3H3,(H,30,35). The van der Waals surface area contributed by atoms with E-state index in [0.717, 1.165) is 16.6 Å². The first-order valence-corrected chi connectivity index (χ1v) is 11.7. The van der Waals surface area contributed by atoms with E-state index in [-0.39, 0.29) is 11.5 Å². The highest BCUT2D eigenvalue weighted by molar-refractivity contribution is 5.92. The molecule has 2 aromatic heterocycles. The molecule has 0 saturated carbocycles. The topological polar surface area (TPSA) is 96.1 Å². The molecule has 188 valence electrons. The van der Waals surface area contributed by atoms with E-state index in [2.05, 4.69) is 20.7 Å². The van der Waals surface area contributed by atoms with Gasteiger partial charge in [0.15, 0.2) is 5.69 Å². The van der Waals surface area contributed by atoms with Crippen molar-refractivity contribution in [2.45, 2.75) is 19.1 Å². The number of hydrogen-bond acceptors (Lipinski definition) is 6. The van der Waals surface area contributed by atoms with Gasteiger partial charge >= 0.3 is 0 Å². The van der Waals surface area contributed by atoms with Gasteiger partial charge in [-0.15, -0.1) is 5.10 Å². The molecule has 0 radical (unpaired) electrons. The third kappa shape index (κ3) is 4.73. The lowest BCUT2D eigenvalue weighted by Gasteiger charge is -2.35. The number of fused-ring (bicyclic) bond motifs is 1. The molecular weight excluding hydrogens is 475 g/mol. The van der Waals surface area contributed by atoms with Crippen LogP contribution in [0.3, 0.4) is 0 Å². The normalized spacial score (nSPS) is 12.8. The summed E-state index contributed by atoms with van der Waals surface area (Å²) in [5, 5.41) is 16.1.